The maximum atomic E-state index is 11.5. The molecule has 0 atom stereocenters. The van der Waals surface area contributed by atoms with Crippen molar-refractivity contribution in [1.29, 1.82) is 0 Å². The first-order valence-electron chi connectivity index (χ1n) is 11.9. The van der Waals surface area contributed by atoms with Crippen molar-refractivity contribution in [3.8, 4) is 11.3 Å². The zero-order valence-electron chi connectivity index (χ0n) is 22.4. The standard InChI is InChI=1S/C20H15N2.C11H20O2.Ir/c1-13-10-14(2)12-15(11-13)20-18-5-6-19-17(4-3-8-21-19)16(18)7-9-22-20;1-10(2,3)8(12)7-9(13)11(4,5)6;/h3-11H,1-2H3;7,12H,1-6H3;/q-1;;/b;8-7-;. The minimum Gasteiger partial charge on any atom is -0.512 e. The van der Waals surface area contributed by atoms with Gasteiger partial charge in [-0.1, -0.05) is 67.5 Å². The zero-order chi connectivity index (χ0) is 26.0. The number of rotatable bonds is 2. The number of hydrogen-bond acceptors (Lipinski definition) is 4. The molecular weight excluding hydrogens is 625 g/mol. The summed E-state index contributed by atoms with van der Waals surface area (Å²) in [5.74, 6) is 0.104. The van der Waals surface area contributed by atoms with Crippen molar-refractivity contribution in [3.05, 3.63) is 83.9 Å². The second-order valence-corrected chi connectivity index (χ2v) is 11.0. The van der Waals surface area contributed by atoms with Crippen LogP contribution in [-0.4, -0.2) is 20.9 Å². The molecule has 2 heterocycles. The van der Waals surface area contributed by atoms with E-state index in [2.05, 4.69) is 66.3 Å². The normalized spacial score (nSPS) is 12.1. The number of hydrogen-bond donors (Lipinski definition) is 1. The van der Waals surface area contributed by atoms with Crippen LogP contribution in [-0.2, 0) is 24.9 Å². The van der Waals surface area contributed by atoms with E-state index in [9.17, 15) is 9.90 Å². The number of benzene rings is 2. The first-order chi connectivity index (χ1) is 16.3. The largest absolute Gasteiger partial charge is 0.512 e. The van der Waals surface area contributed by atoms with E-state index in [1.54, 1.807) is 0 Å². The average Bonchev–Trinajstić information content (AvgIpc) is 2.77. The number of aliphatic hydroxyl groups excluding tert-OH is 1. The fourth-order valence-corrected chi connectivity index (χ4v) is 3.61. The number of allylic oxidation sites excluding steroid dienone is 2. The van der Waals surface area contributed by atoms with Crippen LogP contribution in [0.5, 0.6) is 0 Å². The van der Waals surface area contributed by atoms with Crippen LogP contribution < -0.4 is 0 Å². The summed E-state index contributed by atoms with van der Waals surface area (Å²) in [6.45, 7) is 15.3. The molecule has 5 heteroatoms. The Bertz CT molecular complexity index is 1390. The van der Waals surface area contributed by atoms with Crippen LogP contribution in [0.25, 0.3) is 32.9 Å². The monoisotopic (exact) mass is 660 g/mol. The van der Waals surface area contributed by atoms with Crippen LogP contribution in [0, 0.1) is 30.7 Å². The number of fused-ring (bicyclic) bond motifs is 3. The smallest absolute Gasteiger partial charge is 0.164 e. The minimum atomic E-state index is -0.417. The van der Waals surface area contributed by atoms with Gasteiger partial charge in [0.2, 0.25) is 0 Å². The predicted molar refractivity (Wildman–Crippen MR) is 145 cm³/mol. The number of aryl methyl sites for hydroxylation is 2. The molecule has 2 aromatic carbocycles. The molecule has 191 valence electrons. The summed E-state index contributed by atoms with van der Waals surface area (Å²) in [5.41, 5.74) is 4.64. The van der Waals surface area contributed by atoms with Crippen molar-refractivity contribution in [3.63, 3.8) is 0 Å². The topological polar surface area (TPSA) is 63.1 Å². The Hall–Kier alpha value is -2.88. The molecule has 4 nitrogen and oxygen atoms in total. The van der Waals surface area contributed by atoms with Crippen molar-refractivity contribution in [2.24, 2.45) is 10.8 Å². The van der Waals surface area contributed by atoms with Crippen LogP contribution >= 0.6 is 0 Å². The van der Waals surface area contributed by atoms with Crippen LogP contribution in [0.4, 0.5) is 0 Å². The van der Waals surface area contributed by atoms with E-state index in [1.165, 1.54) is 17.0 Å². The van der Waals surface area contributed by atoms with E-state index in [1.807, 2.05) is 60.0 Å². The van der Waals surface area contributed by atoms with E-state index in [-0.39, 0.29) is 37.1 Å². The second-order valence-electron chi connectivity index (χ2n) is 11.0. The van der Waals surface area contributed by atoms with Gasteiger partial charge in [0.1, 0.15) is 5.76 Å². The van der Waals surface area contributed by atoms with Crippen LogP contribution in [0.15, 0.2) is 66.7 Å². The Balaban J connectivity index is 0.000000285. The van der Waals surface area contributed by atoms with Crippen molar-refractivity contribution >= 4 is 27.5 Å². The van der Waals surface area contributed by atoms with Gasteiger partial charge in [0, 0.05) is 54.8 Å². The van der Waals surface area contributed by atoms with Crippen molar-refractivity contribution in [2.75, 3.05) is 0 Å². The van der Waals surface area contributed by atoms with Gasteiger partial charge in [-0.05, 0) is 34.7 Å². The maximum Gasteiger partial charge on any atom is 0.164 e. The van der Waals surface area contributed by atoms with Crippen LogP contribution in [0.1, 0.15) is 52.7 Å². The number of nitrogens with zero attached hydrogens (tertiary/aromatic N) is 2. The van der Waals surface area contributed by atoms with Gasteiger partial charge in [-0.3, -0.25) is 9.78 Å². The summed E-state index contributed by atoms with van der Waals surface area (Å²) in [7, 11) is 0. The van der Waals surface area contributed by atoms with E-state index in [4.69, 9.17) is 0 Å². The second kappa shape index (κ2) is 11.5. The van der Waals surface area contributed by atoms with Gasteiger partial charge in [0.15, 0.2) is 5.78 Å². The number of carbonyl (C=O) groups excluding carboxylic acids is 1. The predicted octanol–water partition coefficient (Wildman–Crippen LogP) is 7.95. The van der Waals surface area contributed by atoms with Gasteiger partial charge in [0.05, 0.1) is 5.52 Å². The number of carbonyl (C=O) groups is 1. The fraction of sp³-hybridized carbons (Fsp3) is 0.323. The van der Waals surface area contributed by atoms with E-state index in [0.29, 0.717) is 0 Å². The summed E-state index contributed by atoms with van der Waals surface area (Å²) in [4.78, 5) is 20.5. The molecule has 0 aliphatic rings. The van der Waals surface area contributed by atoms with E-state index in [0.717, 1.165) is 33.1 Å². The molecule has 2 aromatic heterocycles. The summed E-state index contributed by atoms with van der Waals surface area (Å²) < 4.78 is 0. The van der Waals surface area contributed by atoms with Gasteiger partial charge >= 0.3 is 0 Å². The quantitative estimate of drug-likeness (QED) is 0.103. The molecule has 0 aliphatic carbocycles. The molecule has 1 radical (unpaired) electrons. The number of aliphatic hydroxyl groups is 1. The molecule has 0 bridgehead atoms. The van der Waals surface area contributed by atoms with Gasteiger partial charge in [0.25, 0.3) is 0 Å². The third-order valence-corrected chi connectivity index (χ3v) is 5.71. The molecular formula is C31H35IrN2O2-. The first-order valence-corrected chi connectivity index (χ1v) is 11.9. The number of pyridine rings is 2. The van der Waals surface area contributed by atoms with Crippen molar-refractivity contribution < 1.29 is 30.0 Å². The van der Waals surface area contributed by atoms with E-state index < -0.39 is 5.41 Å². The number of ketones is 1. The Morgan fingerprint density at radius 2 is 1.56 bits per heavy atom. The van der Waals surface area contributed by atoms with E-state index >= 15 is 0 Å². The van der Waals surface area contributed by atoms with Crippen molar-refractivity contribution in [2.45, 2.75) is 55.4 Å². The SMILES string of the molecule is CC(C)(C)C(=O)/C=C(\O)C(C)(C)C.Cc1[c-]c(-c2nccc3c2ccc2ncccc23)cc(C)c1.[Ir]. The first kappa shape index (κ1) is 29.4. The molecule has 0 unspecified atom stereocenters. The van der Waals surface area contributed by atoms with Gasteiger partial charge in [-0.15, -0.1) is 34.9 Å². The number of aromatic nitrogens is 2. The van der Waals surface area contributed by atoms with Crippen molar-refractivity contribution in [1.82, 2.24) is 9.97 Å². The van der Waals surface area contributed by atoms with Gasteiger partial charge < -0.3 is 10.1 Å². The molecule has 0 fully saturated rings. The molecule has 36 heavy (non-hydrogen) atoms. The van der Waals surface area contributed by atoms with Gasteiger partial charge in [-0.25, -0.2) is 0 Å². The Kier molecular flexibility index (Phi) is 9.34. The molecule has 0 spiro atoms. The molecule has 4 aromatic rings. The fourth-order valence-electron chi connectivity index (χ4n) is 3.61. The average molecular weight is 660 g/mol. The summed E-state index contributed by atoms with van der Waals surface area (Å²) in [5, 5.41) is 13.0. The summed E-state index contributed by atoms with van der Waals surface area (Å²) in [6, 6.07) is 18.0. The third-order valence-electron chi connectivity index (χ3n) is 5.71. The van der Waals surface area contributed by atoms with Crippen LogP contribution in [0.2, 0.25) is 0 Å². The molecule has 1 N–H and O–H groups in total. The zero-order valence-corrected chi connectivity index (χ0v) is 24.8. The third kappa shape index (κ3) is 7.09. The molecule has 0 saturated heterocycles. The summed E-state index contributed by atoms with van der Waals surface area (Å²) >= 11 is 0. The molecule has 0 saturated carbocycles. The Labute approximate surface area is 228 Å². The molecule has 0 amide bonds. The molecule has 0 aliphatic heterocycles. The Morgan fingerprint density at radius 3 is 2.17 bits per heavy atom. The summed E-state index contributed by atoms with van der Waals surface area (Å²) in [6.07, 6.45) is 5.03. The maximum absolute atomic E-state index is 11.5. The van der Waals surface area contributed by atoms with Gasteiger partial charge in [-0.2, -0.15) is 0 Å². The van der Waals surface area contributed by atoms with Crippen LogP contribution in [0.3, 0.4) is 0 Å². The Morgan fingerprint density at radius 1 is 0.861 bits per heavy atom. The minimum absolute atomic E-state index is 0. The molecule has 4 rings (SSSR count).